The van der Waals surface area contributed by atoms with Crippen molar-refractivity contribution in [2.45, 2.75) is 37.6 Å². The van der Waals surface area contributed by atoms with Crippen LogP contribution in [-0.4, -0.2) is 22.5 Å². The molecule has 1 saturated carbocycles. The highest BCUT2D eigenvalue weighted by molar-refractivity contribution is 6.36. The first kappa shape index (κ1) is 15.1. The Bertz CT molecular complexity index is 519. The predicted molar refractivity (Wildman–Crippen MR) is 77.1 cm³/mol. The van der Waals surface area contributed by atoms with Gasteiger partial charge in [0.05, 0.1) is 6.42 Å². The van der Waals surface area contributed by atoms with Crippen LogP contribution in [0.25, 0.3) is 0 Å². The first-order valence-electron chi connectivity index (χ1n) is 6.42. The minimum atomic E-state index is -1.13. The number of hydrogen-bond acceptors (Lipinski definition) is 2. The van der Waals surface area contributed by atoms with Gasteiger partial charge in [-0.25, -0.2) is 4.79 Å². The van der Waals surface area contributed by atoms with Crippen LogP contribution in [0.5, 0.6) is 0 Å². The standard InChI is InChI=1S/C14H15Cl2NO3/c15-10-4-3-5-11(16)9(10)8-12(18)17-14(13(19)20)6-1-2-7-14/h3-5H,1-2,6-8H2,(H,17,18)(H,19,20). The SMILES string of the molecule is O=C(Cc1c(Cl)cccc1Cl)NC1(C(=O)O)CCCC1. The molecular weight excluding hydrogens is 301 g/mol. The maximum atomic E-state index is 12.1. The Balaban J connectivity index is 2.11. The molecular formula is C14H15Cl2NO3. The summed E-state index contributed by atoms with van der Waals surface area (Å²) in [4.78, 5) is 23.5. The summed E-state index contributed by atoms with van der Waals surface area (Å²) in [6, 6.07) is 5.00. The van der Waals surface area contributed by atoms with Crippen molar-refractivity contribution in [3.8, 4) is 0 Å². The van der Waals surface area contributed by atoms with Gasteiger partial charge >= 0.3 is 5.97 Å². The average molecular weight is 316 g/mol. The molecule has 4 nitrogen and oxygen atoms in total. The molecule has 0 radical (unpaired) electrons. The third-order valence-corrected chi connectivity index (χ3v) is 4.35. The van der Waals surface area contributed by atoms with Gasteiger partial charge in [-0.05, 0) is 30.5 Å². The molecule has 2 rings (SSSR count). The number of amides is 1. The number of carbonyl (C=O) groups excluding carboxylic acids is 1. The van der Waals surface area contributed by atoms with Crippen molar-refractivity contribution >= 4 is 35.1 Å². The lowest BCUT2D eigenvalue weighted by atomic mass is 9.97. The molecule has 1 aromatic rings. The van der Waals surface area contributed by atoms with Crippen molar-refractivity contribution in [3.05, 3.63) is 33.8 Å². The van der Waals surface area contributed by atoms with E-state index in [0.717, 1.165) is 12.8 Å². The Morgan fingerprint density at radius 3 is 2.25 bits per heavy atom. The summed E-state index contributed by atoms with van der Waals surface area (Å²) in [5, 5.41) is 12.8. The van der Waals surface area contributed by atoms with Gasteiger partial charge < -0.3 is 10.4 Å². The van der Waals surface area contributed by atoms with E-state index in [1.807, 2.05) is 0 Å². The highest BCUT2D eigenvalue weighted by atomic mass is 35.5. The van der Waals surface area contributed by atoms with E-state index in [0.29, 0.717) is 28.5 Å². The van der Waals surface area contributed by atoms with Crippen LogP contribution >= 0.6 is 23.2 Å². The summed E-state index contributed by atoms with van der Waals surface area (Å²) in [5.41, 5.74) is -0.614. The van der Waals surface area contributed by atoms with Crippen LogP contribution in [0.3, 0.4) is 0 Å². The lowest BCUT2D eigenvalue weighted by Gasteiger charge is -2.25. The number of rotatable bonds is 4. The zero-order chi connectivity index (χ0) is 14.8. The highest BCUT2D eigenvalue weighted by Gasteiger charge is 2.42. The van der Waals surface area contributed by atoms with Gasteiger partial charge in [0.15, 0.2) is 0 Å². The molecule has 0 spiro atoms. The molecule has 0 bridgehead atoms. The molecule has 0 aliphatic heterocycles. The smallest absolute Gasteiger partial charge is 0.329 e. The van der Waals surface area contributed by atoms with Crippen LogP contribution in [0.4, 0.5) is 0 Å². The predicted octanol–water partition coefficient (Wildman–Crippen LogP) is 3.05. The maximum absolute atomic E-state index is 12.1. The Hall–Kier alpha value is -1.26. The van der Waals surface area contributed by atoms with Crippen molar-refractivity contribution in [1.29, 1.82) is 0 Å². The van der Waals surface area contributed by atoms with E-state index in [1.165, 1.54) is 0 Å². The molecule has 1 amide bonds. The Labute approximate surface area is 127 Å². The van der Waals surface area contributed by atoms with E-state index < -0.39 is 11.5 Å². The second-order valence-electron chi connectivity index (χ2n) is 5.02. The normalized spacial score (nSPS) is 16.9. The van der Waals surface area contributed by atoms with E-state index in [9.17, 15) is 14.7 Å². The second kappa shape index (κ2) is 6.02. The quantitative estimate of drug-likeness (QED) is 0.897. The van der Waals surface area contributed by atoms with Gasteiger partial charge in [0.1, 0.15) is 5.54 Å². The monoisotopic (exact) mass is 315 g/mol. The summed E-state index contributed by atoms with van der Waals surface area (Å²) < 4.78 is 0. The van der Waals surface area contributed by atoms with Gasteiger partial charge in [-0.2, -0.15) is 0 Å². The van der Waals surface area contributed by atoms with Crippen molar-refractivity contribution in [1.82, 2.24) is 5.32 Å². The van der Waals surface area contributed by atoms with E-state index in [4.69, 9.17) is 23.2 Å². The number of carbonyl (C=O) groups is 2. The number of carboxylic acids is 1. The zero-order valence-electron chi connectivity index (χ0n) is 10.8. The van der Waals surface area contributed by atoms with Crippen LogP contribution in [0.15, 0.2) is 18.2 Å². The molecule has 0 aromatic heterocycles. The number of hydrogen-bond donors (Lipinski definition) is 2. The minimum absolute atomic E-state index is 0.0203. The second-order valence-corrected chi connectivity index (χ2v) is 5.83. The van der Waals surface area contributed by atoms with Crippen molar-refractivity contribution in [2.24, 2.45) is 0 Å². The fourth-order valence-electron chi connectivity index (χ4n) is 2.54. The molecule has 1 aliphatic carbocycles. The summed E-state index contributed by atoms with van der Waals surface area (Å²) in [6.07, 6.45) is 2.51. The molecule has 6 heteroatoms. The highest BCUT2D eigenvalue weighted by Crippen LogP contribution is 2.30. The molecule has 0 heterocycles. The number of halogens is 2. The molecule has 0 unspecified atom stereocenters. The lowest BCUT2D eigenvalue weighted by Crippen LogP contribution is -2.53. The van der Waals surface area contributed by atoms with Gasteiger partial charge in [-0.3, -0.25) is 4.79 Å². The average Bonchev–Trinajstić information content (AvgIpc) is 2.84. The van der Waals surface area contributed by atoms with Crippen molar-refractivity contribution in [3.63, 3.8) is 0 Å². The molecule has 2 N–H and O–H groups in total. The summed E-state index contributed by atoms with van der Waals surface area (Å²) >= 11 is 12.0. The van der Waals surface area contributed by atoms with Crippen LogP contribution in [0.2, 0.25) is 10.0 Å². The molecule has 0 atom stereocenters. The first-order valence-corrected chi connectivity index (χ1v) is 7.17. The van der Waals surface area contributed by atoms with Gasteiger partial charge in [0.2, 0.25) is 5.91 Å². The van der Waals surface area contributed by atoms with Crippen LogP contribution in [0, 0.1) is 0 Å². The van der Waals surface area contributed by atoms with E-state index in [1.54, 1.807) is 18.2 Å². The fourth-order valence-corrected chi connectivity index (χ4v) is 3.07. The zero-order valence-corrected chi connectivity index (χ0v) is 12.3. The number of nitrogens with one attached hydrogen (secondary N) is 1. The van der Waals surface area contributed by atoms with Crippen molar-refractivity contribution in [2.75, 3.05) is 0 Å². The van der Waals surface area contributed by atoms with Crippen molar-refractivity contribution < 1.29 is 14.7 Å². The van der Waals surface area contributed by atoms with Crippen LogP contribution in [-0.2, 0) is 16.0 Å². The molecule has 1 aromatic carbocycles. The maximum Gasteiger partial charge on any atom is 0.329 e. The third-order valence-electron chi connectivity index (χ3n) is 3.64. The van der Waals surface area contributed by atoms with Crippen LogP contribution in [0.1, 0.15) is 31.2 Å². The van der Waals surface area contributed by atoms with E-state index in [2.05, 4.69) is 5.32 Å². The Morgan fingerprint density at radius 1 is 1.20 bits per heavy atom. The van der Waals surface area contributed by atoms with Gasteiger partial charge in [-0.15, -0.1) is 0 Å². The molecule has 108 valence electrons. The molecule has 1 aliphatic rings. The van der Waals surface area contributed by atoms with Gasteiger partial charge in [0, 0.05) is 10.0 Å². The number of carboxylic acid groups (broad SMARTS) is 1. The van der Waals surface area contributed by atoms with Gasteiger partial charge in [-0.1, -0.05) is 42.1 Å². The summed E-state index contributed by atoms with van der Waals surface area (Å²) in [5.74, 6) is -1.35. The lowest BCUT2D eigenvalue weighted by molar-refractivity contribution is -0.147. The fraction of sp³-hybridized carbons (Fsp3) is 0.429. The minimum Gasteiger partial charge on any atom is -0.480 e. The number of benzene rings is 1. The first-order chi connectivity index (χ1) is 9.44. The van der Waals surface area contributed by atoms with E-state index in [-0.39, 0.29) is 12.3 Å². The molecule has 0 saturated heterocycles. The summed E-state index contributed by atoms with van der Waals surface area (Å²) in [6.45, 7) is 0. The van der Waals surface area contributed by atoms with Crippen LogP contribution < -0.4 is 5.32 Å². The summed E-state index contributed by atoms with van der Waals surface area (Å²) in [7, 11) is 0. The molecule has 20 heavy (non-hydrogen) atoms. The third kappa shape index (κ3) is 3.07. The van der Waals surface area contributed by atoms with Gasteiger partial charge in [0.25, 0.3) is 0 Å². The Morgan fingerprint density at radius 2 is 1.75 bits per heavy atom. The number of aliphatic carboxylic acids is 1. The largest absolute Gasteiger partial charge is 0.480 e. The topological polar surface area (TPSA) is 66.4 Å². The molecule has 1 fully saturated rings. The van der Waals surface area contributed by atoms with E-state index >= 15 is 0 Å². The Kier molecular flexibility index (Phi) is 4.55.